The van der Waals surface area contributed by atoms with Crippen molar-refractivity contribution in [3.63, 3.8) is 0 Å². The minimum Gasteiger partial charge on any atom is -0.396 e. The van der Waals surface area contributed by atoms with E-state index in [1.54, 1.807) is 7.05 Å². The first kappa shape index (κ1) is 16.5. The summed E-state index contributed by atoms with van der Waals surface area (Å²) in [7, 11) is 3.86. The first-order chi connectivity index (χ1) is 10.2. The van der Waals surface area contributed by atoms with E-state index in [9.17, 15) is 5.11 Å². The summed E-state index contributed by atoms with van der Waals surface area (Å²) < 4.78 is 10.8. The van der Waals surface area contributed by atoms with Gasteiger partial charge in [0.25, 0.3) is 0 Å². The number of rotatable bonds is 5. The van der Waals surface area contributed by atoms with Gasteiger partial charge in [-0.25, -0.2) is 0 Å². The molecule has 122 valence electrons. The van der Waals surface area contributed by atoms with E-state index in [2.05, 4.69) is 22.3 Å². The second-order valence-corrected chi connectivity index (χ2v) is 6.28. The van der Waals surface area contributed by atoms with E-state index >= 15 is 0 Å². The summed E-state index contributed by atoms with van der Waals surface area (Å²) in [5.74, 6) is 1.48. The van der Waals surface area contributed by atoms with Crippen LogP contribution in [-0.4, -0.2) is 76.2 Å². The van der Waals surface area contributed by atoms with Crippen molar-refractivity contribution < 1.29 is 14.6 Å². The summed E-state index contributed by atoms with van der Waals surface area (Å²) in [6.45, 7) is 5.07. The molecule has 2 rings (SSSR count). The summed E-state index contributed by atoms with van der Waals surface area (Å²) >= 11 is 0. The number of nitrogens with zero attached hydrogens (tertiary/aromatic N) is 2. The molecule has 0 spiro atoms. The van der Waals surface area contributed by atoms with Crippen LogP contribution in [0.15, 0.2) is 4.99 Å². The number of aliphatic hydroxyl groups is 1. The number of nitrogens with one attached hydrogen (secondary N) is 1. The lowest BCUT2D eigenvalue weighted by molar-refractivity contribution is -0.0134. The zero-order valence-electron chi connectivity index (χ0n) is 13.3. The summed E-state index contributed by atoms with van der Waals surface area (Å²) in [6, 6.07) is 0. The largest absolute Gasteiger partial charge is 0.396 e. The molecule has 0 aromatic rings. The highest BCUT2D eigenvalue weighted by Gasteiger charge is 2.32. The van der Waals surface area contributed by atoms with Gasteiger partial charge in [0, 0.05) is 58.3 Å². The highest BCUT2D eigenvalue weighted by molar-refractivity contribution is 5.79. The Kier molecular flexibility index (Phi) is 6.26. The van der Waals surface area contributed by atoms with Crippen LogP contribution in [-0.2, 0) is 9.47 Å². The molecular formula is C15H29N3O3. The molecule has 0 aromatic heterocycles. The highest BCUT2D eigenvalue weighted by atomic mass is 16.5. The van der Waals surface area contributed by atoms with Gasteiger partial charge in [0.15, 0.2) is 5.96 Å². The molecule has 0 radical (unpaired) electrons. The van der Waals surface area contributed by atoms with Gasteiger partial charge in [0.1, 0.15) is 0 Å². The van der Waals surface area contributed by atoms with Crippen LogP contribution in [0.5, 0.6) is 0 Å². The Balaban J connectivity index is 1.83. The smallest absolute Gasteiger partial charge is 0.193 e. The van der Waals surface area contributed by atoms with Crippen LogP contribution >= 0.6 is 0 Å². The van der Waals surface area contributed by atoms with Crippen molar-refractivity contribution in [3.8, 4) is 0 Å². The van der Waals surface area contributed by atoms with Crippen LogP contribution in [0.25, 0.3) is 0 Å². The number of hydrogen-bond acceptors (Lipinski definition) is 4. The monoisotopic (exact) mass is 299 g/mol. The van der Waals surface area contributed by atoms with Gasteiger partial charge < -0.3 is 24.8 Å². The highest BCUT2D eigenvalue weighted by Crippen LogP contribution is 2.29. The van der Waals surface area contributed by atoms with Crippen molar-refractivity contribution in [2.45, 2.75) is 19.3 Å². The van der Waals surface area contributed by atoms with Crippen LogP contribution in [0.2, 0.25) is 0 Å². The Labute approximate surface area is 127 Å². The van der Waals surface area contributed by atoms with Gasteiger partial charge in [-0.1, -0.05) is 0 Å². The quantitative estimate of drug-likeness (QED) is 0.565. The van der Waals surface area contributed by atoms with E-state index in [4.69, 9.17) is 9.47 Å². The maximum Gasteiger partial charge on any atom is 0.193 e. The third-order valence-corrected chi connectivity index (χ3v) is 4.64. The van der Waals surface area contributed by atoms with E-state index in [1.165, 1.54) is 0 Å². The normalized spacial score (nSPS) is 25.9. The molecule has 1 unspecified atom stereocenters. The van der Waals surface area contributed by atoms with Gasteiger partial charge in [0.2, 0.25) is 0 Å². The molecular weight excluding hydrogens is 270 g/mol. The predicted molar refractivity (Wildman–Crippen MR) is 82.5 cm³/mol. The fourth-order valence-corrected chi connectivity index (χ4v) is 3.05. The number of ether oxygens (including phenoxy) is 2. The van der Waals surface area contributed by atoms with Crippen molar-refractivity contribution >= 4 is 5.96 Å². The summed E-state index contributed by atoms with van der Waals surface area (Å²) in [5.41, 5.74) is -0.0779. The Morgan fingerprint density at radius 2 is 2.10 bits per heavy atom. The van der Waals surface area contributed by atoms with Crippen LogP contribution in [0.4, 0.5) is 0 Å². The minimum absolute atomic E-state index is 0.0779. The molecule has 6 heteroatoms. The molecule has 2 aliphatic rings. The van der Waals surface area contributed by atoms with Gasteiger partial charge in [-0.05, 0) is 19.3 Å². The third-order valence-electron chi connectivity index (χ3n) is 4.64. The van der Waals surface area contributed by atoms with Crippen molar-refractivity contribution in [1.82, 2.24) is 10.2 Å². The number of aliphatic hydroxyl groups excluding tert-OH is 1. The van der Waals surface area contributed by atoms with Crippen molar-refractivity contribution in [1.29, 1.82) is 0 Å². The average Bonchev–Trinajstić information content (AvgIpc) is 3.01. The average molecular weight is 299 g/mol. The molecule has 2 aliphatic heterocycles. The molecule has 2 heterocycles. The molecule has 21 heavy (non-hydrogen) atoms. The van der Waals surface area contributed by atoms with Crippen molar-refractivity contribution in [2.75, 3.05) is 60.2 Å². The Morgan fingerprint density at radius 3 is 2.67 bits per heavy atom. The molecule has 1 atom stereocenters. The topological polar surface area (TPSA) is 66.3 Å². The Bertz CT molecular complexity index is 337. The van der Waals surface area contributed by atoms with E-state index in [0.717, 1.165) is 64.7 Å². The van der Waals surface area contributed by atoms with Gasteiger partial charge in [-0.15, -0.1) is 0 Å². The zero-order valence-corrected chi connectivity index (χ0v) is 13.3. The molecule has 2 N–H and O–H groups in total. The first-order valence-electron chi connectivity index (χ1n) is 7.87. The Hall–Kier alpha value is -0.850. The maximum absolute atomic E-state index is 9.73. The van der Waals surface area contributed by atoms with E-state index in [1.807, 2.05) is 0 Å². The Morgan fingerprint density at radius 1 is 1.33 bits per heavy atom. The van der Waals surface area contributed by atoms with E-state index in [-0.39, 0.29) is 12.0 Å². The zero-order chi connectivity index (χ0) is 15.1. The van der Waals surface area contributed by atoms with E-state index in [0.29, 0.717) is 5.92 Å². The second-order valence-electron chi connectivity index (χ2n) is 6.28. The molecule has 0 amide bonds. The third kappa shape index (κ3) is 4.56. The maximum atomic E-state index is 9.73. The lowest BCUT2D eigenvalue weighted by atomic mass is 9.81. The van der Waals surface area contributed by atoms with Gasteiger partial charge in [-0.2, -0.15) is 0 Å². The van der Waals surface area contributed by atoms with Crippen LogP contribution in [0.3, 0.4) is 0 Å². The minimum atomic E-state index is -0.0779. The van der Waals surface area contributed by atoms with E-state index < -0.39 is 0 Å². The van der Waals surface area contributed by atoms with Gasteiger partial charge in [-0.3, -0.25) is 4.99 Å². The lowest BCUT2D eigenvalue weighted by Crippen LogP contribution is -2.48. The van der Waals surface area contributed by atoms with Crippen molar-refractivity contribution in [2.24, 2.45) is 16.3 Å². The SMILES string of the molecule is CN=C(NCC1(CO)CCOCC1)N(C)CC1CCOC1. The summed E-state index contributed by atoms with van der Waals surface area (Å²) in [6.07, 6.45) is 2.92. The second kappa shape index (κ2) is 7.96. The molecule has 0 aromatic carbocycles. The predicted octanol–water partition coefficient (Wildman–Crippen LogP) is 0.319. The fraction of sp³-hybridized carbons (Fsp3) is 0.933. The van der Waals surface area contributed by atoms with Crippen LogP contribution in [0.1, 0.15) is 19.3 Å². The number of aliphatic imine (C=N–C) groups is 1. The van der Waals surface area contributed by atoms with Crippen LogP contribution in [0, 0.1) is 11.3 Å². The fourth-order valence-electron chi connectivity index (χ4n) is 3.05. The molecule has 6 nitrogen and oxygen atoms in total. The molecule has 0 aliphatic carbocycles. The molecule has 0 saturated carbocycles. The molecule has 2 saturated heterocycles. The number of guanidine groups is 1. The summed E-state index contributed by atoms with van der Waals surface area (Å²) in [5, 5.41) is 13.2. The molecule has 2 fully saturated rings. The van der Waals surface area contributed by atoms with Crippen molar-refractivity contribution in [3.05, 3.63) is 0 Å². The first-order valence-corrected chi connectivity index (χ1v) is 7.87. The standard InChI is InChI=1S/C15H29N3O3/c1-16-14(18(2)9-13-3-6-21-10-13)17-11-15(12-19)4-7-20-8-5-15/h13,19H,3-12H2,1-2H3,(H,16,17). The summed E-state index contributed by atoms with van der Waals surface area (Å²) in [4.78, 5) is 6.51. The number of hydrogen-bond donors (Lipinski definition) is 2. The van der Waals surface area contributed by atoms with Gasteiger partial charge >= 0.3 is 0 Å². The van der Waals surface area contributed by atoms with Gasteiger partial charge in [0.05, 0.1) is 13.2 Å². The molecule has 0 bridgehead atoms. The van der Waals surface area contributed by atoms with Crippen LogP contribution < -0.4 is 5.32 Å². The lowest BCUT2D eigenvalue weighted by Gasteiger charge is -2.37.